The van der Waals surface area contributed by atoms with Gasteiger partial charge in [-0.2, -0.15) is 0 Å². The maximum atomic E-state index is 12.9. The van der Waals surface area contributed by atoms with E-state index in [1.807, 2.05) is 32.3 Å². The van der Waals surface area contributed by atoms with E-state index in [4.69, 9.17) is 0 Å². The van der Waals surface area contributed by atoms with Crippen molar-refractivity contribution in [1.82, 2.24) is 19.4 Å². The Morgan fingerprint density at radius 3 is 2.79 bits per heavy atom. The van der Waals surface area contributed by atoms with E-state index in [1.54, 1.807) is 15.5 Å². The van der Waals surface area contributed by atoms with E-state index in [0.717, 1.165) is 13.0 Å². The number of nitrogens with zero attached hydrogens (tertiary/aromatic N) is 4. The molecule has 126 valence electrons. The molecule has 0 radical (unpaired) electrons. The molecular weight excluding hydrogens is 308 g/mol. The van der Waals surface area contributed by atoms with Crippen LogP contribution in [-0.4, -0.2) is 63.5 Å². The van der Waals surface area contributed by atoms with Crippen LogP contribution in [0.4, 0.5) is 0 Å². The molecule has 3 rings (SSSR count). The average Bonchev–Trinajstić information content (AvgIpc) is 2.92. The number of rotatable bonds is 5. The first-order chi connectivity index (χ1) is 11.5. The number of fused-ring (bicyclic) bond motifs is 3. The normalized spacial score (nSPS) is 13.6. The molecule has 24 heavy (non-hydrogen) atoms. The largest absolute Gasteiger partial charge is 0.476 e. The van der Waals surface area contributed by atoms with Crippen LogP contribution in [0.1, 0.15) is 33.0 Å². The Labute approximate surface area is 140 Å². The predicted molar refractivity (Wildman–Crippen MR) is 88.4 cm³/mol. The Kier molecular flexibility index (Phi) is 4.35. The summed E-state index contributed by atoms with van der Waals surface area (Å²) >= 11 is 0. The zero-order valence-electron chi connectivity index (χ0n) is 13.8. The first-order valence-corrected chi connectivity index (χ1v) is 7.82. The molecule has 1 amide bonds. The van der Waals surface area contributed by atoms with Gasteiger partial charge in [-0.3, -0.25) is 9.36 Å². The number of aromatic carboxylic acids is 1. The molecule has 2 heterocycles. The zero-order valence-corrected chi connectivity index (χ0v) is 13.8. The quantitative estimate of drug-likeness (QED) is 0.899. The molecular formula is C17H20N4O3. The lowest BCUT2D eigenvalue weighted by Gasteiger charge is -2.22. The summed E-state index contributed by atoms with van der Waals surface area (Å²) in [5.74, 6) is -1.16. The molecule has 1 aliphatic rings. The number of amides is 1. The third-order valence-corrected chi connectivity index (χ3v) is 4.12. The van der Waals surface area contributed by atoms with Crippen molar-refractivity contribution in [1.29, 1.82) is 0 Å². The average molecular weight is 328 g/mol. The Balaban J connectivity index is 2.02. The first kappa shape index (κ1) is 16.2. The molecule has 0 spiro atoms. The third-order valence-electron chi connectivity index (χ3n) is 4.12. The number of para-hydroxylation sites is 1. The maximum absolute atomic E-state index is 12.9. The summed E-state index contributed by atoms with van der Waals surface area (Å²) < 4.78 is 1.71. The molecule has 0 fully saturated rings. The van der Waals surface area contributed by atoms with Gasteiger partial charge in [-0.25, -0.2) is 9.78 Å². The molecule has 1 aliphatic heterocycles. The highest BCUT2D eigenvalue weighted by atomic mass is 16.4. The second kappa shape index (κ2) is 6.45. The van der Waals surface area contributed by atoms with Crippen LogP contribution in [-0.2, 0) is 6.54 Å². The van der Waals surface area contributed by atoms with Crippen molar-refractivity contribution in [2.75, 3.05) is 27.2 Å². The van der Waals surface area contributed by atoms with Gasteiger partial charge in [-0.1, -0.05) is 12.1 Å². The van der Waals surface area contributed by atoms with Gasteiger partial charge in [0.25, 0.3) is 5.91 Å². The molecule has 0 bridgehead atoms. The highest BCUT2D eigenvalue weighted by molar-refractivity contribution is 5.99. The lowest BCUT2D eigenvalue weighted by molar-refractivity contribution is 0.0676. The number of carboxylic acid groups (broad SMARTS) is 1. The smallest absolute Gasteiger partial charge is 0.356 e. The van der Waals surface area contributed by atoms with Crippen LogP contribution in [0.5, 0.6) is 0 Å². The zero-order chi connectivity index (χ0) is 17.3. The molecule has 0 aliphatic carbocycles. The molecule has 2 aromatic rings. The van der Waals surface area contributed by atoms with Gasteiger partial charge < -0.3 is 14.9 Å². The van der Waals surface area contributed by atoms with Crippen molar-refractivity contribution in [3.05, 3.63) is 47.5 Å². The lowest BCUT2D eigenvalue weighted by Crippen LogP contribution is -2.32. The van der Waals surface area contributed by atoms with E-state index in [-0.39, 0.29) is 18.1 Å². The second-order valence-corrected chi connectivity index (χ2v) is 6.12. The van der Waals surface area contributed by atoms with Gasteiger partial charge in [0.05, 0.1) is 23.5 Å². The Morgan fingerprint density at radius 1 is 1.33 bits per heavy atom. The number of imidazole rings is 1. The van der Waals surface area contributed by atoms with Crippen molar-refractivity contribution >= 4 is 11.9 Å². The van der Waals surface area contributed by atoms with Crippen LogP contribution in [0.3, 0.4) is 0 Å². The van der Waals surface area contributed by atoms with Crippen LogP contribution < -0.4 is 0 Å². The summed E-state index contributed by atoms with van der Waals surface area (Å²) in [5.41, 5.74) is 1.77. The standard InChI is InChI=1S/C17H20N4O3/c1-19(2)8-5-9-20-10-14-15(17(23)24)18-11-21(14)13-7-4-3-6-12(13)16(20)22/h3-4,6-7,11H,5,8-10H2,1-2H3,(H,23,24). The summed E-state index contributed by atoms with van der Waals surface area (Å²) in [7, 11) is 3.97. The fraction of sp³-hybridized carbons (Fsp3) is 0.353. The lowest BCUT2D eigenvalue weighted by atomic mass is 10.1. The minimum absolute atomic E-state index is 0.00267. The van der Waals surface area contributed by atoms with Gasteiger partial charge in [0.2, 0.25) is 0 Å². The van der Waals surface area contributed by atoms with Gasteiger partial charge in [0.1, 0.15) is 6.33 Å². The maximum Gasteiger partial charge on any atom is 0.356 e. The van der Waals surface area contributed by atoms with Crippen molar-refractivity contribution in [2.45, 2.75) is 13.0 Å². The van der Waals surface area contributed by atoms with E-state index in [9.17, 15) is 14.7 Å². The molecule has 1 aromatic carbocycles. The molecule has 0 atom stereocenters. The van der Waals surface area contributed by atoms with Gasteiger partial charge in [0, 0.05) is 6.54 Å². The fourth-order valence-corrected chi connectivity index (χ4v) is 2.96. The Hall–Kier alpha value is -2.67. The minimum atomic E-state index is -1.08. The highest BCUT2D eigenvalue weighted by Crippen LogP contribution is 2.26. The minimum Gasteiger partial charge on any atom is -0.476 e. The van der Waals surface area contributed by atoms with Gasteiger partial charge in [-0.05, 0) is 39.2 Å². The molecule has 7 nitrogen and oxygen atoms in total. The number of aromatic nitrogens is 2. The number of hydrogen-bond donors (Lipinski definition) is 1. The summed E-state index contributed by atoms with van der Waals surface area (Å²) in [6.07, 6.45) is 2.30. The molecule has 0 saturated carbocycles. The van der Waals surface area contributed by atoms with Crippen molar-refractivity contribution < 1.29 is 14.7 Å². The van der Waals surface area contributed by atoms with E-state index in [1.165, 1.54) is 6.33 Å². The predicted octanol–water partition coefficient (Wildman–Crippen LogP) is 1.48. The molecule has 1 aromatic heterocycles. The Morgan fingerprint density at radius 2 is 2.08 bits per heavy atom. The van der Waals surface area contributed by atoms with Crippen molar-refractivity contribution in [3.63, 3.8) is 0 Å². The first-order valence-electron chi connectivity index (χ1n) is 7.82. The molecule has 0 unspecified atom stereocenters. The van der Waals surface area contributed by atoms with Gasteiger partial charge >= 0.3 is 5.97 Å². The van der Waals surface area contributed by atoms with Crippen molar-refractivity contribution in [2.24, 2.45) is 0 Å². The SMILES string of the molecule is CN(C)CCCN1Cc2c(C(=O)O)ncn2-c2ccccc2C1=O. The van der Waals surface area contributed by atoms with E-state index >= 15 is 0 Å². The summed E-state index contributed by atoms with van der Waals surface area (Å²) in [6.45, 7) is 1.66. The van der Waals surface area contributed by atoms with E-state index in [0.29, 0.717) is 23.5 Å². The molecule has 1 N–H and O–H groups in total. The van der Waals surface area contributed by atoms with Crippen molar-refractivity contribution in [3.8, 4) is 5.69 Å². The molecule has 7 heteroatoms. The number of carbonyl (C=O) groups excluding carboxylic acids is 1. The van der Waals surface area contributed by atoms with Crippen LogP contribution in [0, 0.1) is 0 Å². The van der Waals surface area contributed by atoms with Crippen LogP contribution in [0.25, 0.3) is 5.69 Å². The number of hydrogen-bond acceptors (Lipinski definition) is 4. The highest BCUT2D eigenvalue weighted by Gasteiger charge is 2.29. The van der Waals surface area contributed by atoms with E-state index < -0.39 is 5.97 Å². The molecule has 0 saturated heterocycles. The number of carbonyl (C=O) groups is 2. The number of carboxylic acids is 1. The van der Waals surface area contributed by atoms with E-state index in [2.05, 4.69) is 9.88 Å². The summed E-state index contributed by atoms with van der Waals surface area (Å²) in [5, 5.41) is 9.38. The Bertz CT molecular complexity index is 782. The fourth-order valence-electron chi connectivity index (χ4n) is 2.96. The van der Waals surface area contributed by atoms with Gasteiger partial charge in [0.15, 0.2) is 5.69 Å². The van der Waals surface area contributed by atoms with Crippen LogP contribution in [0.15, 0.2) is 30.6 Å². The monoisotopic (exact) mass is 328 g/mol. The van der Waals surface area contributed by atoms with Gasteiger partial charge in [-0.15, -0.1) is 0 Å². The van der Waals surface area contributed by atoms with Crippen LogP contribution in [0.2, 0.25) is 0 Å². The summed E-state index contributed by atoms with van der Waals surface area (Å²) in [6, 6.07) is 7.23. The summed E-state index contributed by atoms with van der Waals surface area (Å²) in [4.78, 5) is 32.1. The third kappa shape index (κ3) is 2.90. The topological polar surface area (TPSA) is 78.7 Å². The number of benzene rings is 1. The second-order valence-electron chi connectivity index (χ2n) is 6.12. The van der Waals surface area contributed by atoms with Crippen LogP contribution >= 0.6 is 0 Å².